The molecular weight excluding hydrogens is 348 g/mol. The van der Waals surface area contributed by atoms with Gasteiger partial charge in [0.1, 0.15) is 17.6 Å². The summed E-state index contributed by atoms with van der Waals surface area (Å²) in [6.07, 6.45) is 1.34. The SMILES string of the molecule is CCN(CC)C(=O)CN(C)C(=O)Cn1cnc2c(oc3ccccc32)c1=O. The molecular formula is C19H22N4O4. The largest absolute Gasteiger partial charge is 0.448 e. The van der Waals surface area contributed by atoms with Crippen molar-refractivity contribution < 1.29 is 14.0 Å². The van der Waals surface area contributed by atoms with E-state index in [9.17, 15) is 14.4 Å². The van der Waals surface area contributed by atoms with Crippen LogP contribution in [-0.2, 0) is 16.1 Å². The molecule has 0 N–H and O–H groups in total. The molecule has 0 aliphatic heterocycles. The van der Waals surface area contributed by atoms with Gasteiger partial charge in [-0.2, -0.15) is 0 Å². The summed E-state index contributed by atoms with van der Waals surface area (Å²) in [6, 6.07) is 7.25. The number of fused-ring (bicyclic) bond motifs is 3. The van der Waals surface area contributed by atoms with Gasteiger partial charge in [0.15, 0.2) is 0 Å². The highest BCUT2D eigenvalue weighted by molar-refractivity contribution is 6.01. The minimum atomic E-state index is -0.423. The standard InChI is InChI=1S/C19H22N4O4/c1-4-22(5-2)16(25)10-21(3)15(24)11-23-12-20-17-13-8-6-7-9-14(13)27-18(17)19(23)26/h6-9,12H,4-5,10-11H2,1-3H3. The van der Waals surface area contributed by atoms with Gasteiger partial charge in [-0.1, -0.05) is 12.1 Å². The van der Waals surface area contributed by atoms with Gasteiger partial charge in [-0.05, 0) is 26.0 Å². The average molecular weight is 370 g/mol. The number of likely N-dealkylation sites (N-methyl/N-ethyl adjacent to an activating group) is 2. The zero-order chi connectivity index (χ0) is 19.6. The molecule has 2 heterocycles. The first-order valence-corrected chi connectivity index (χ1v) is 8.84. The molecule has 0 atom stereocenters. The van der Waals surface area contributed by atoms with E-state index in [0.29, 0.717) is 24.2 Å². The van der Waals surface area contributed by atoms with Crippen molar-refractivity contribution in [2.75, 3.05) is 26.7 Å². The molecule has 0 aliphatic rings. The van der Waals surface area contributed by atoms with Crippen molar-refractivity contribution in [3.63, 3.8) is 0 Å². The molecule has 0 radical (unpaired) electrons. The van der Waals surface area contributed by atoms with E-state index in [1.165, 1.54) is 15.8 Å². The smallest absolute Gasteiger partial charge is 0.297 e. The van der Waals surface area contributed by atoms with E-state index < -0.39 is 5.56 Å². The average Bonchev–Trinajstić information content (AvgIpc) is 3.04. The Hall–Kier alpha value is -3.16. The van der Waals surface area contributed by atoms with E-state index in [1.807, 2.05) is 32.0 Å². The molecule has 0 bridgehead atoms. The van der Waals surface area contributed by atoms with Crippen molar-refractivity contribution in [3.8, 4) is 0 Å². The van der Waals surface area contributed by atoms with Gasteiger partial charge in [-0.15, -0.1) is 0 Å². The molecule has 0 saturated heterocycles. The minimum Gasteiger partial charge on any atom is -0.448 e. The summed E-state index contributed by atoms with van der Waals surface area (Å²) in [7, 11) is 1.54. The Balaban J connectivity index is 1.81. The van der Waals surface area contributed by atoms with Crippen LogP contribution in [-0.4, -0.2) is 57.8 Å². The highest BCUT2D eigenvalue weighted by Gasteiger charge is 2.19. The summed E-state index contributed by atoms with van der Waals surface area (Å²) in [5.41, 5.74) is 0.744. The molecule has 0 fully saturated rings. The van der Waals surface area contributed by atoms with Crippen LogP contribution in [0, 0.1) is 0 Å². The fraction of sp³-hybridized carbons (Fsp3) is 0.368. The van der Waals surface area contributed by atoms with E-state index in [1.54, 1.807) is 18.0 Å². The van der Waals surface area contributed by atoms with Crippen LogP contribution in [0.15, 0.2) is 39.8 Å². The second kappa shape index (κ2) is 7.61. The highest BCUT2D eigenvalue weighted by atomic mass is 16.3. The zero-order valence-electron chi connectivity index (χ0n) is 15.6. The molecule has 8 heteroatoms. The lowest BCUT2D eigenvalue weighted by Crippen LogP contribution is -2.42. The summed E-state index contributed by atoms with van der Waals surface area (Å²) < 4.78 is 6.81. The molecule has 27 heavy (non-hydrogen) atoms. The van der Waals surface area contributed by atoms with Gasteiger partial charge in [-0.25, -0.2) is 4.98 Å². The molecule has 0 aliphatic carbocycles. The lowest BCUT2D eigenvalue weighted by molar-refractivity contribution is -0.139. The van der Waals surface area contributed by atoms with Crippen molar-refractivity contribution in [2.24, 2.45) is 0 Å². The summed E-state index contributed by atoms with van der Waals surface area (Å²) in [5, 5.41) is 0.755. The van der Waals surface area contributed by atoms with Crippen LogP contribution < -0.4 is 5.56 Å². The lowest BCUT2D eigenvalue weighted by Gasteiger charge is -2.23. The minimum absolute atomic E-state index is 0.0322. The number of hydrogen-bond donors (Lipinski definition) is 0. The summed E-state index contributed by atoms with van der Waals surface area (Å²) in [5.74, 6) is -0.482. The maximum absolute atomic E-state index is 12.7. The number of carbonyl (C=O) groups excluding carboxylic acids is 2. The molecule has 2 amide bonds. The number of hydrogen-bond acceptors (Lipinski definition) is 5. The van der Waals surface area contributed by atoms with Crippen LogP contribution in [0.5, 0.6) is 0 Å². The maximum Gasteiger partial charge on any atom is 0.297 e. The topological polar surface area (TPSA) is 88.7 Å². The number of rotatable bonds is 6. The lowest BCUT2D eigenvalue weighted by atomic mass is 10.2. The number of nitrogens with zero attached hydrogens (tertiary/aromatic N) is 4. The van der Waals surface area contributed by atoms with Crippen molar-refractivity contribution >= 4 is 33.9 Å². The number of carbonyl (C=O) groups is 2. The second-order valence-electron chi connectivity index (χ2n) is 6.27. The number of furan rings is 1. The molecule has 1 aromatic carbocycles. The maximum atomic E-state index is 12.7. The predicted octanol–water partition coefficient (Wildman–Crippen LogP) is 1.47. The van der Waals surface area contributed by atoms with Gasteiger partial charge in [0.25, 0.3) is 5.56 Å². The van der Waals surface area contributed by atoms with Crippen molar-refractivity contribution in [1.82, 2.24) is 19.4 Å². The molecule has 142 valence electrons. The molecule has 0 spiro atoms. The predicted molar refractivity (Wildman–Crippen MR) is 101 cm³/mol. The van der Waals surface area contributed by atoms with Gasteiger partial charge in [0.05, 0.1) is 12.9 Å². The number of benzene rings is 1. The Morgan fingerprint density at radius 2 is 1.85 bits per heavy atom. The van der Waals surface area contributed by atoms with Crippen LogP contribution in [0.2, 0.25) is 0 Å². The van der Waals surface area contributed by atoms with Crippen molar-refractivity contribution in [2.45, 2.75) is 20.4 Å². The molecule has 0 saturated carbocycles. The first-order valence-electron chi connectivity index (χ1n) is 8.84. The van der Waals surface area contributed by atoms with Gasteiger partial charge < -0.3 is 14.2 Å². The zero-order valence-corrected chi connectivity index (χ0v) is 15.6. The van der Waals surface area contributed by atoms with Crippen LogP contribution in [0.25, 0.3) is 22.1 Å². The van der Waals surface area contributed by atoms with E-state index in [-0.39, 0.29) is 30.5 Å². The van der Waals surface area contributed by atoms with Gasteiger partial charge in [-0.3, -0.25) is 19.0 Å². The van der Waals surface area contributed by atoms with Gasteiger partial charge in [0.2, 0.25) is 17.4 Å². The third-order valence-electron chi connectivity index (χ3n) is 4.57. The third kappa shape index (κ3) is 3.55. The summed E-state index contributed by atoms with van der Waals surface area (Å²) >= 11 is 0. The van der Waals surface area contributed by atoms with Crippen LogP contribution in [0.3, 0.4) is 0 Å². The Kier molecular flexibility index (Phi) is 5.25. The van der Waals surface area contributed by atoms with Crippen molar-refractivity contribution in [3.05, 3.63) is 40.9 Å². The van der Waals surface area contributed by atoms with Crippen LogP contribution in [0.4, 0.5) is 0 Å². The quantitative estimate of drug-likeness (QED) is 0.656. The first-order chi connectivity index (χ1) is 13.0. The van der Waals surface area contributed by atoms with Gasteiger partial charge >= 0.3 is 0 Å². The summed E-state index contributed by atoms with van der Waals surface area (Å²) in [4.78, 5) is 44.5. The highest BCUT2D eigenvalue weighted by Crippen LogP contribution is 2.23. The first kappa shape index (κ1) is 18.6. The monoisotopic (exact) mass is 370 g/mol. The molecule has 3 rings (SSSR count). The third-order valence-corrected chi connectivity index (χ3v) is 4.57. The molecule has 2 aromatic heterocycles. The Bertz CT molecular complexity index is 1050. The molecule has 3 aromatic rings. The van der Waals surface area contributed by atoms with Gasteiger partial charge in [0, 0.05) is 25.5 Å². The molecule has 8 nitrogen and oxygen atoms in total. The van der Waals surface area contributed by atoms with Crippen LogP contribution >= 0.6 is 0 Å². The Morgan fingerprint density at radius 1 is 1.15 bits per heavy atom. The van der Waals surface area contributed by atoms with Crippen LogP contribution in [0.1, 0.15) is 13.8 Å². The fourth-order valence-electron chi connectivity index (χ4n) is 2.96. The normalized spacial score (nSPS) is 11.1. The van der Waals surface area contributed by atoms with E-state index in [0.717, 1.165) is 5.39 Å². The molecule has 0 unspecified atom stereocenters. The van der Waals surface area contributed by atoms with Crippen molar-refractivity contribution in [1.29, 1.82) is 0 Å². The number of para-hydroxylation sites is 1. The number of amides is 2. The fourth-order valence-corrected chi connectivity index (χ4v) is 2.96. The Morgan fingerprint density at radius 3 is 2.56 bits per heavy atom. The van der Waals surface area contributed by atoms with E-state index in [2.05, 4.69) is 4.98 Å². The summed E-state index contributed by atoms with van der Waals surface area (Å²) in [6.45, 7) is 4.71. The Labute approximate surface area is 156 Å². The van der Waals surface area contributed by atoms with E-state index in [4.69, 9.17) is 4.42 Å². The number of aromatic nitrogens is 2. The van der Waals surface area contributed by atoms with E-state index >= 15 is 0 Å². The second-order valence-corrected chi connectivity index (χ2v) is 6.27.